The van der Waals surface area contributed by atoms with Gasteiger partial charge in [-0.3, -0.25) is 9.59 Å². The molecule has 37 heavy (non-hydrogen) atoms. The summed E-state index contributed by atoms with van der Waals surface area (Å²) in [7, 11) is 0. The summed E-state index contributed by atoms with van der Waals surface area (Å²) in [5, 5.41) is 32.5. The van der Waals surface area contributed by atoms with E-state index in [0.717, 1.165) is 11.5 Å². The maximum Gasteiger partial charge on any atom is 0.353 e. The summed E-state index contributed by atoms with van der Waals surface area (Å²) in [6.45, 7) is 8.49. The van der Waals surface area contributed by atoms with Gasteiger partial charge in [-0.2, -0.15) is 0 Å². The van der Waals surface area contributed by atoms with Crippen molar-refractivity contribution in [2.24, 2.45) is 11.8 Å². The van der Waals surface area contributed by atoms with Crippen LogP contribution in [0.25, 0.3) is 0 Å². The number of thioether (sulfide) groups is 1. The number of imidazole rings is 1. The van der Waals surface area contributed by atoms with Crippen LogP contribution in [0.15, 0.2) is 16.8 Å². The number of β-lactam (4-membered cyclic amide) rings is 1. The molecule has 0 saturated carbocycles. The number of aromatic nitrogens is 2. The molecule has 0 aliphatic carbocycles. The highest BCUT2D eigenvalue weighted by Gasteiger charge is 2.60. The molecule has 1 aromatic rings. The molecule has 4 N–H and O–H groups in total. The first kappa shape index (κ1) is 27.9. The molecule has 2 fully saturated rings. The molecule has 2 amide bonds. The Labute approximate surface area is 225 Å². The fourth-order valence-electron chi connectivity index (χ4n) is 6.21. The lowest BCUT2D eigenvalue weighted by Crippen LogP contribution is -3.00. The van der Waals surface area contributed by atoms with E-state index in [9.17, 15) is 29.7 Å². The number of aliphatic hydroxyl groups excluding tert-OH is 2. The standard InChI is InChI=1S/C24H33N5O6S.ClH/c1-12-19-18(13(2)31)23(33)29(19)20(24(34)35)21(12)36-16-8-17(25-9-16)22(32)27-4-5-28-14(3)26(6-7-30)10-15(28)11-27;/h10,12-13,16-19,25,30-31H,4-9,11H2,1-3H3;1H/t12-,13-,16+,17+,18-,19-;/m1./s1. The highest BCUT2D eigenvalue weighted by molar-refractivity contribution is 8.03. The number of amides is 2. The van der Waals surface area contributed by atoms with Crippen LogP contribution in [0.4, 0.5) is 0 Å². The number of aliphatic hydroxyl groups is 2. The Morgan fingerprint density at radius 2 is 2.05 bits per heavy atom. The van der Waals surface area contributed by atoms with Crippen LogP contribution in [0.5, 0.6) is 0 Å². The lowest BCUT2D eigenvalue weighted by Gasteiger charge is -2.46. The van der Waals surface area contributed by atoms with Gasteiger partial charge < -0.3 is 42.8 Å². The summed E-state index contributed by atoms with van der Waals surface area (Å²) in [5.41, 5.74) is 1.07. The lowest BCUT2D eigenvalue weighted by molar-refractivity contribution is -0.703. The van der Waals surface area contributed by atoms with Crippen molar-refractivity contribution in [2.75, 3.05) is 19.7 Å². The zero-order valence-corrected chi connectivity index (χ0v) is 22.7. The average molecular weight is 556 g/mol. The number of carbonyl (C=O) groups is 3. The van der Waals surface area contributed by atoms with E-state index in [1.54, 1.807) is 6.92 Å². The average Bonchev–Trinajstić information content (AvgIpc) is 3.48. The number of rotatable bonds is 7. The van der Waals surface area contributed by atoms with Gasteiger partial charge in [0.1, 0.15) is 25.0 Å². The molecule has 5 heterocycles. The molecular weight excluding hydrogens is 522 g/mol. The molecule has 0 aromatic carbocycles. The smallest absolute Gasteiger partial charge is 0.353 e. The number of fused-ring (bicyclic) bond motifs is 2. The first-order valence-corrected chi connectivity index (χ1v) is 13.4. The van der Waals surface area contributed by atoms with Gasteiger partial charge in [0.05, 0.1) is 43.8 Å². The van der Waals surface area contributed by atoms with Crippen LogP contribution in [-0.4, -0.2) is 90.6 Å². The number of aliphatic carboxylic acids is 1. The molecule has 1 aromatic heterocycles. The van der Waals surface area contributed by atoms with Crippen molar-refractivity contribution in [3.8, 4) is 0 Å². The van der Waals surface area contributed by atoms with Crippen LogP contribution in [0.2, 0.25) is 0 Å². The van der Waals surface area contributed by atoms with E-state index in [2.05, 4.69) is 9.88 Å². The van der Waals surface area contributed by atoms with Crippen molar-refractivity contribution < 1.29 is 46.7 Å². The van der Waals surface area contributed by atoms with E-state index in [1.807, 2.05) is 29.5 Å². The molecule has 11 nitrogen and oxygen atoms in total. The monoisotopic (exact) mass is 555 g/mol. The zero-order valence-electron chi connectivity index (χ0n) is 21.1. The third-order valence-electron chi connectivity index (χ3n) is 8.05. The summed E-state index contributed by atoms with van der Waals surface area (Å²) in [6, 6.07) is -0.677. The summed E-state index contributed by atoms with van der Waals surface area (Å²) in [6.07, 6.45) is 1.74. The second-order valence-corrected chi connectivity index (χ2v) is 11.5. The molecule has 5 rings (SSSR count). The van der Waals surface area contributed by atoms with Crippen molar-refractivity contribution in [2.45, 2.75) is 70.3 Å². The number of hydrogen-bond acceptors (Lipinski definition) is 7. The Morgan fingerprint density at radius 3 is 2.70 bits per heavy atom. The molecule has 6 atom stereocenters. The molecule has 0 spiro atoms. The molecule has 4 aliphatic heterocycles. The van der Waals surface area contributed by atoms with Crippen LogP contribution in [0.1, 0.15) is 31.8 Å². The van der Waals surface area contributed by atoms with Crippen molar-refractivity contribution >= 4 is 29.5 Å². The Morgan fingerprint density at radius 1 is 1.32 bits per heavy atom. The molecular formula is C24H34ClN5O6S. The topological polar surface area (TPSA) is 139 Å². The van der Waals surface area contributed by atoms with E-state index in [0.29, 0.717) is 44.0 Å². The molecule has 0 unspecified atom stereocenters. The van der Waals surface area contributed by atoms with E-state index >= 15 is 0 Å². The van der Waals surface area contributed by atoms with Crippen LogP contribution in [0.3, 0.4) is 0 Å². The minimum Gasteiger partial charge on any atom is -1.00 e. The normalized spacial score (nSPS) is 29.5. The van der Waals surface area contributed by atoms with Gasteiger partial charge in [-0.15, -0.1) is 11.8 Å². The number of nitrogens with zero attached hydrogens (tertiary/aromatic N) is 4. The van der Waals surface area contributed by atoms with Gasteiger partial charge in [0.15, 0.2) is 5.69 Å². The quantitative estimate of drug-likeness (QED) is 0.197. The van der Waals surface area contributed by atoms with Gasteiger partial charge in [-0.25, -0.2) is 13.9 Å². The van der Waals surface area contributed by atoms with Gasteiger partial charge in [-0.1, -0.05) is 6.92 Å². The molecule has 204 valence electrons. The van der Waals surface area contributed by atoms with Crippen molar-refractivity contribution in [1.82, 2.24) is 19.7 Å². The summed E-state index contributed by atoms with van der Waals surface area (Å²) < 4.78 is 4.20. The van der Waals surface area contributed by atoms with Crippen LogP contribution in [0, 0.1) is 18.8 Å². The maximum absolute atomic E-state index is 13.3. The Kier molecular flexibility index (Phi) is 7.97. The zero-order chi connectivity index (χ0) is 25.9. The molecule has 13 heteroatoms. The Bertz CT molecular complexity index is 1140. The first-order chi connectivity index (χ1) is 17.1. The van der Waals surface area contributed by atoms with Crippen LogP contribution < -0.4 is 22.3 Å². The predicted octanol–water partition coefficient (Wildman–Crippen LogP) is -3.96. The molecule has 4 aliphatic rings. The largest absolute Gasteiger partial charge is 1.00 e. The summed E-state index contributed by atoms with van der Waals surface area (Å²) in [5.74, 6) is -1.13. The fraction of sp³-hybridized carbons (Fsp3) is 0.667. The Hall–Kier alpha value is -2.12. The highest BCUT2D eigenvalue weighted by atomic mass is 35.5. The lowest BCUT2D eigenvalue weighted by atomic mass is 9.79. The summed E-state index contributed by atoms with van der Waals surface area (Å²) in [4.78, 5) is 41.8. The number of nitrogens with one attached hydrogen (secondary N) is 1. The van der Waals surface area contributed by atoms with Gasteiger partial charge in [0.2, 0.25) is 11.8 Å². The summed E-state index contributed by atoms with van der Waals surface area (Å²) >= 11 is 1.45. The number of carboxylic acid groups (broad SMARTS) is 1. The van der Waals surface area contributed by atoms with Gasteiger partial charge in [0.25, 0.3) is 5.82 Å². The third-order valence-corrected chi connectivity index (χ3v) is 9.56. The molecule has 0 bridgehead atoms. The maximum atomic E-state index is 13.3. The van der Waals surface area contributed by atoms with Crippen LogP contribution >= 0.6 is 11.8 Å². The predicted molar refractivity (Wildman–Crippen MR) is 129 cm³/mol. The fourth-order valence-corrected chi connectivity index (χ4v) is 7.69. The van der Waals surface area contributed by atoms with E-state index in [4.69, 9.17) is 0 Å². The van der Waals surface area contributed by atoms with E-state index in [1.165, 1.54) is 16.7 Å². The first-order valence-electron chi connectivity index (χ1n) is 12.5. The number of hydrogen-bond donors (Lipinski definition) is 4. The number of carbonyl (C=O) groups excluding carboxylic acids is 2. The van der Waals surface area contributed by atoms with Crippen LogP contribution in [-0.2, 0) is 34.0 Å². The third kappa shape index (κ3) is 4.56. The van der Waals surface area contributed by atoms with E-state index < -0.39 is 18.0 Å². The van der Waals surface area contributed by atoms with E-state index in [-0.39, 0.29) is 59.8 Å². The second-order valence-electron chi connectivity index (χ2n) is 10.2. The van der Waals surface area contributed by atoms with Crippen molar-refractivity contribution in [1.29, 1.82) is 0 Å². The SMILES string of the molecule is Cc1n2c(c[n+]1CCO)CN(C(=O)[C@@H]1C[C@H](SC3=C(C(=O)O)N4C(=O)[C@H]([C@@H](C)O)[C@H]4[C@H]3C)CN1)CC2.[Cl-]. The number of carboxylic acids is 1. The second kappa shape index (κ2) is 10.6. The molecule has 2 saturated heterocycles. The van der Waals surface area contributed by atoms with Crippen molar-refractivity contribution in [3.63, 3.8) is 0 Å². The van der Waals surface area contributed by atoms with Crippen molar-refractivity contribution in [3.05, 3.63) is 28.3 Å². The highest BCUT2D eigenvalue weighted by Crippen LogP contribution is 2.51. The number of halogens is 1. The van der Waals surface area contributed by atoms with Gasteiger partial charge in [0, 0.05) is 29.5 Å². The Balaban J connectivity index is 0.00000320. The molecule has 0 radical (unpaired) electrons. The van der Waals surface area contributed by atoms with Gasteiger partial charge in [-0.05, 0) is 13.3 Å². The minimum absolute atomic E-state index is 0. The van der Waals surface area contributed by atoms with Gasteiger partial charge >= 0.3 is 5.97 Å². The minimum atomic E-state index is -1.13.